The number of carbonyl (C=O) groups is 1. The Hall–Kier alpha value is -0.570. The Kier molecular flexibility index (Phi) is 9.01. The molecule has 1 heterocycles. The molecule has 1 aliphatic rings. The maximum absolute atomic E-state index is 11.3. The standard InChI is InChI=1S/C14H26O3/c15-14-10-13-16-11-8-6-4-2-1-3-5-7-9-12-17-14/h1-13H2. The number of hydrogen-bond acceptors (Lipinski definition) is 3. The Morgan fingerprint density at radius 2 is 1.18 bits per heavy atom. The molecule has 0 unspecified atom stereocenters. The fraction of sp³-hybridized carbons (Fsp3) is 0.929. The second-order valence-electron chi connectivity index (χ2n) is 4.76. The van der Waals surface area contributed by atoms with Gasteiger partial charge in [0.15, 0.2) is 0 Å². The van der Waals surface area contributed by atoms with Crippen LogP contribution in [0.4, 0.5) is 0 Å². The summed E-state index contributed by atoms with van der Waals surface area (Å²) in [4.78, 5) is 11.3. The summed E-state index contributed by atoms with van der Waals surface area (Å²) in [7, 11) is 0. The van der Waals surface area contributed by atoms with Crippen molar-refractivity contribution in [2.45, 2.75) is 64.2 Å². The molecule has 100 valence electrons. The van der Waals surface area contributed by atoms with Gasteiger partial charge in [-0.1, -0.05) is 44.9 Å². The van der Waals surface area contributed by atoms with Gasteiger partial charge in [-0.2, -0.15) is 0 Å². The lowest BCUT2D eigenvalue weighted by molar-refractivity contribution is -0.145. The first kappa shape index (κ1) is 14.5. The van der Waals surface area contributed by atoms with Gasteiger partial charge in [-0.3, -0.25) is 4.79 Å². The van der Waals surface area contributed by atoms with E-state index >= 15 is 0 Å². The van der Waals surface area contributed by atoms with Crippen molar-refractivity contribution in [2.24, 2.45) is 0 Å². The van der Waals surface area contributed by atoms with E-state index in [1.54, 1.807) is 0 Å². The Morgan fingerprint density at radius 1 is 0.647 bits per heavy atom. The van der Waals surface area contributed by atoms with Crippen LogP contribution in [0.1, 0.15) is 64.2 Å². The lowest BCUT2D eigenvalue weighted by atomic mass is 10.1. The van der Waals surface area contributed by atoms with Gasteiger partial charge in [0.25, 0.3) is 0 Å². The summed E-state index contributed by atoms with van der Waals surface area (Å²) < 4.78 is 10.5. The minimum absolute atomic E-state index is 0.114. The largest absolute Gasteiger partial charge is 0.466 e. The first-order valence-corrected chi connectivity index (χ1v) is 7.13. The molecule has 0 aliphatic carbocycles. The number of esters is 1. The Morgan fingerprint density at radius 3 is 1.82 bits per heavy atom. The maximum Gasteiger partial charge on any atom is 0.308 e. The van der Waals surface area contributed by atoms with Gasteiger partial charge in [0.1, 0.15) is 0 Å². The average molecular weight is 242 g/mol. The van der Waals surface area contributed by atoms with Crippen LogP contribution < -0.4 is 0 Å². The van der Waals surface area contributed by atoms with Crippen molar-refractivity contribution in [3.05, 3.63) is 0 Å². The van der Waals surface area contributed by atoms with E-state index < -0.39 is 0 Å². The van der Waals surface area contributed by atoms with Crippen LogP contribution in [0.5, 0.6) is 0 Å². The van der Waals surface area contributed by atoms with E-state index in [9.17, 15) is 4.79 Å². The second kappa shape index (κ2) is 10.6. The van der Waals surface area contributed by atoms with Gasteiger partial charge in [-0.15, -0.1) is 0 Å². The molecule has 0 bridgehead atoms. The summed E-state index contributed by atoms with van der Waals surface area (Å²) in [5, 5.41) is 0. The van der Waals surface area contributed by atoms with E-state index in [0.717, 1.165) is 19.4 Å². The van der Waals surface area contributed by atoms with Crippen LogP contribution in [0.15, 0.2) is 0 Å². The highest BCUT2D eigenvalue weighted by molar-refractivity contribution is 5.69. The normalized spacial score (nSPS) is 22.9. The van der Waals surface area contributed by atoms with Gasteiger partial charge < -0.3 is 9.47 Å². The van der Waals surface area contributed by atoms with Crippen LogP contribution in [0.25, 0.3) is 0 Å². The third-order valence-corrected chi connectivity index (χ3v) is 3.15. The van der Waals surface area contributed by atoms with Crippen molar-refractivity contribution >= 4 is 5.97 Å². The van der Waals surface area contributed by atoms with Gasteiger partial charge >= 0.3 is 5.97 Å². The highest BCUT2D eigenvalue weighted by atomic mass is 16.5. The first-order chi connectivity index (χ1) is 8.39. The third-order valence-electron chi connectivity index (χ3n) is 3.15. The molecule has 0 aromatic heterocycles. The van der Waals surface area contributed by atoms with Gasteiger partial charge in [0, 0.05) is 6.61 Å². The number of hydrogen-bond donors (Lipinski definition) is 0. The second-order valence-corrected chi connectivity index (χ2v) is 4.76. The van der Waals surface area contributed by atoms with E-state index in [4.69, 9.17) is 9.47 Å². The molecule has 3 heteroatoms. The van der Waals surface area contributed by atoms with Gasteiger partial charge in [-0.25, -0.2) is 0 Å². The van der Waals surface area contributed by atoms with E-state index in [0.29, 0.717) is 19.6 Å². The summed E-state index contributed by atoms with van der Waals surface area (Å²) in [5.41, 5.74) is 0. The molecule has 1 aliphatic heterocycles. The quantitative estimate of drug-likeness (QED) is 0.610. The molecule has 0 aromatic carbocycles. The van der Waals surface area contributed by atoms with Gasteiger partial charge in [0.2, 0.25) is 0 Å². The molecule has 17 heavy (non-hydrogen) atoms. The van der Waals surface area contributed by atoms with Crippen molar-refractivity contribution in [1.29, 1.82) is 0 Å². The van der Waals surface area contributed by atoms with Crippen LogP contribution >= 0.6 is 0 Å². The molecule has 1 saturated heterocycles. The van der Waals surface area contributed by atoms with Crippen molar-refractivity contribution in [1.82, 2.24) is 0 Å². The summed E-state index contributed by atoms with van der Waals surface area (Å²) in [6, 6.07) is 0. The summed E-state index contributed by atoms with van der Waals surface area (Å²) in [6.07, 6.45) is 11.6. The molecule has 1 rings (SSSR count). The van der Waals surface area contributed by atoms with Crippen LogP contribution in [-0.4, -0.2) is 25.8 Å². The van der Waals surface area contributed by atoms with Crippen molar-refractivity contribution in [3.8, 4) is 0 Å². The molecule has 1 fully saturated rings. The number of rotatable bonds is 0. The molecule has 3 nitrogen and oxygen atoms in total. The minimum Gasteiger partial charge on any atom is -0.466 e. The Bertz CT molecular complexity index is 174. The molecule has 0 N–H and O–H groups in total. The van der Waals surface area contributed by atoms with Gasteiger partial charge in [-0.05, 0) is 12.8 Å². The Labute approximate surface area is 105 Å². The van der Waals surface area contributed by atoms with Crippen LogP contribution in [0.2, 0.25) is 0 Å². The van der Waals surface area contributed by atoms with E-state index in [-0.39, 0.29) is 5.97 Å². The van der Waals surface area contributed by atoms with E-state index in [1.165, 1.54) is 44.9 Å². The molecule has 0 aromatic rings. The predicted molar refractivity (Wildman–Crippen MR) is 67.9 cm³/mol. The lowest BCUT2D eigenvalue weighted by Gasteiger charge is -2.07. The zero-order valence-corrected chi connectivity index (χ0v) is 10.9. The molecular weight excluding hydrogens is 216 g/mol. The summed E-state index contributed by atoms with van der Waals surface area (Å²) >= 11 is 0. The van der Waals surface area contributed by atoms with Crippen LogP contribution in [0, 0.1) is 0 Å². The third kappa shape index (κ3) is 9.16. The highest BCUT2D eigenvalue weighted by Crippen LogP contribution is 2.10. The van der Waals surface area contributed by atoms with Crippen molar-refractivity contribution in [2.75, 3.05) is 19.8 Å². The van der Waals surface area contributed by atoms with Crippen molar-refractivity contribution < 1.29 is 14.3 Å². The maximum atomic E-state index is 11.3. The molecule has 0 radical (unpaired) electrons. The SMILES string of the molecule is O=C1CCOCCCCCCCCCCCO1. The van der Waals surface area contributed by atoms with Crippen LogP contribution in [-0.2, 0) is 14.3 Å². The fourth-order valence-electron chi connectivity index (χ4n) is 2.06. The monoisotopic (exact) mass is 242 g/mol. The van der Waals surface area contributed by atoms with Crippen molar-refractivity contribution in [3.63, 3.8) is 0 Å². The summed E-state index contributed by atoms with van der Waals surface area (Å²) in [6.45, 7) is 1.88. The highest BCUT2D eigenvalue weighted by Gasteiger charge is 2.03. The molecule has 0 spiro atoms. The van der Waals surface area contributed by atoms with E-state index in [2.05, 4.69) is 0 Å². The molecular formula is C14H26O3. The molecule has 0 saturated carbocycles. The smallest absolute Gasteiger partial charge is 0.308 e. The topological polar surface area (TPSA) is 35.5 Å². The number of carbonyl (C=O) groups excluding carboxylic acids is 1. The predicted octanol–water partition coefficient (Wildman–Crippen LogP) is 3.46. The number of ether oxygens (including phenoxy) is 2. The van der Waals surface area contributed by atoms with E-state index in [1.807, 2.05) is 0 Å². The van der Waals surface area contributed by atoms with Crippen LogP contribution in [0.3, 0.4) is 0 Å². The lowest BCUT2D eigenvalue weighted by Crippen LogP contribution is -2.10. The first-order valence-electron chi connectivity index (χ1n) is 7.13. The number of cyclic esters (lactones) is 1. The minimum atomic E-state index is -0.114. The zero-order chi connectivity index (χ0) is 12.2. The zero-order valence-electron chi connectivity index (χ0n) is 10.9. The van der Waals surface area contributed by atoms with Gasteiger partial charge in [0.05, 0.1) is 19.6 Å². The average Bonchev–Trinajstić information content (AvgIpc) is 2.32. The molecule has 0 amide bonds. The fourth-order valence-corrected chi connectivity index (χ4v) is 2.06. The Balaban J connectivity index is 2.11. The summed E-state index contributed by atoms with van der Waals surface area (Å²) in [5.74, 6) is -0.114. The molecule has 0 atom stereocenters.